The van der Waals surface area contributed by atoms with Crippen LogP contribution in [0.5, 0.6) is 0 Å². The number of rotatable bonds is 3. The second kappa shape index (κ2) is 5.73. The van der Waals surface area contributed by atoms with Crippen LogP contribution in [0, 0.1) is 13.8 Å². The fraction of sp³-hybridized carbons (Fsp3) is 0.111. The summed E-state index contributed by atoms with van der Waals surface area (Å²) < 4.78 is 0. The fourth-order valence-corrected chi connectivity index (χ4v) is 2.51. The first-order valence-electron chi connectivity index (χ1n) is 7.81. The molecule has 1 aliphatic rings. The highest BCUT2D eigenvalue weighted by Gasteiger charge is 2.27. The number of nitrogens with one attached hydrogen (secondary N) is 1. The zero-order chi connectivity index (χ0) is 16.5. The van der Waals surface area contributed by atoms with Crippen molar-refractivity contribution in [1.29, 1.82) is 0 Å². The number of benzene rings is 2. The summed E-state index contributed by atoms with van der Waals surface area (Å²) in [6, 6.07) is 20.1. The molecule has 4 rings (SSSR count). The lowest BCUT2D eigenvalue weighted by atomic mass is 10.2. The zero-order valence-electron chi connectivity index (χ0n) is 13.6. The van der Waals surface area contributed by atoms with Crippen molar-refractivity contribution < 1.29 is 0 Å². The van der Waals surface area contributed by atoms with E-state index in [1.165, 1.54) is 0 Å². The third-order valence-corrected chi connectivity index (χ3v) is 3.94. The Bertz CT molecular complexity index is 850. The van der Waals surface area contributed by atoms with E-state index in [0.717, 1.165) is 28.3 Å². The first-order valence-corrected chi connectivity index (χ1v) is 7.81. The van der Waals surface area contributed by atoms with Gasteiger partial charge >= 0.3 is 0 Å². The molecule has 6 heteroatoms. The van der Waals surface area contributed by atoms with Crippen molar-refractivity contribution >= 4 is 11.5 Å². The van der Waals surface area contributed by atoms with Crippen LogP contribution in [-0.4, -0.2) is 15.7 Å². The largest absolute Gasteiger partial charge is 0.257 e. The van der Waals surface area contributed by atoms with E-state index < -0.39 is 0 Å². The van der Waals surface area contributed by atoms with Crippen LogP contribution in [-0.2, 0) is 0 Å². The van der Waals surface area contributed by atoms with Crippen LogP contribution in [0.25, 0.3) is 0 Å². The van der Waals surface area contributed by atoms with Crippen molar-refractivity contribution in [3.63, 3.8) is 0 Å². The molecule has 1 aliphatic heterocycles. The summed E-state index contributed by atoms with van der Waals surface area (Å²) in [6.45, 7) is 4.03. The quantitative estimate of drug-likeness (QED) is 0.807. The number of hydrazine groups is 2. The highest BCUT2D eigenvalue weighted by Crippen LogP contribution is 2.19. The molecule has 0 saturated carbocycles. The Labute approximate surface area is 140 Å². The number of hydrogen-bond acceptors (Lipinski definition) is 5. The molecule has 0 saturated heterocycles. The molecule has 0 radical (unpaired) electrons. The second-order valence-corrected chi connectivity index (χ2v) is 5.66. The van der Waals surface area contributed by atoms with Gasteiger partial charge < -0.3 is 0 Å². The molecule has 3 aromatic rings. The first kappa shape index (κ1) is 14.3. The lowest BCUT2D eigenvalue weighted by molar-refractivity contribution is 0.524. The van der Waals surface area contributed by atoms with Crippen LogP contribution in [0.15, 0.2) is 72.0 Å². The molecule has 0 atom stereocenters. The standard InChI is InChI=1S/C18H18N6/c1-14-13-22(19-15(14)2)24-21-18(16-9-5-3-6-10-16)20-23(24)17-11-7-4-8-12-17/h3-13H,1-2H3,(H,20,21). The monoisotopic (exact) mass is 318 g/mol. The fourth-order valence-electron chi connectivity index (χ4n) is 2.51. The van der Waals surface area contributed by atoms with Crippen molar-refractivity contribution in [2.75, 3.05) is 10.3 Å². The van der Waals surface area contributed by atoms with Gasteiger partial charge in [-0.25, -0.2) is 0 Å². The molecule has 6 nitrogen and oxygen atoms in total. The average molecular weight is 318 g/mol. The van der Waals surface area contributed by atoms with E-state index in [2.05, 4.69) is 10.5 Å². The molecule has 1 N–H and O–H groups in total. The van der Waals surface area contributed by atoms with Crippen molar-refractivity contribution in [3.8, 4) is 0 Å². The van der Waals surface area contributed by atoms with Crippen LogP contribution >= 0.6 is 0 Å². The van der Waals surface area contributed by atoms with E-state index in [-0.39, 0.29) is 0 Å². The maximum absolute atomic E-state index is 4.71. The van der Waals surface area contributed by atoms with Gasteiger partial charge in [-0.05, 0) is 31.5 Å². The minimum absolute atomic E-state index is 0.769. The summed E-state index contributed by atoms with van der Waals surface area (Å²) in [7, 11) is 0. The Hall–Kier alpha value is -3.28. The maximum Gasteiger partial charge on any atom is 0.177 e. The number of nitrogens with zero attached hydrogens (tertiary/aromatic N) is 5. The van der Waals surface area contributed by atoms with E-state index in [0.29, 0.717) is 0 Å². The minimum Gasteiger partial charge on any atom is -0.257 e. The molecule has 0 spiro atoms. The van der Waals surface area contributed by atoms with Gasteiger partial charge in [-0.15, -0.1) is 9.89 Å². The molecule has 2 aromatic carbocycles. The van der Waals surface area contributed by atoms with Gasteiger partial charge in [0.1, 0.15) is 0 Å². The summed E-state index contributed by atoms with van der Waals surface area (Å²) in [5, 5.41) is 12.8. The highest BCUT2D eigenvalue weighted by molar-refractivity contribution is 6.01. The minimum atomic E-state index is 0.769. The summed E-state index contributed by atoms with van der Waals surface area (Å²) in [4.78, 5) is 1.74. The number of aromatic nitrogens is 2. The SMILES string of the molecule is Cc1cn(N2N=C(c3ccccc3)NN2c2ccccc2)nc1C. The van der Waals surface area contributed by atoms with Crippen molar-refractivity contribution in [2.45, 2.75) is 13.8 Å². The Morgan fingerprint density at radius 1 is 0.875 bits per heavy atom. The van der Waals surface area contributed by atoms with Gasteiger partial charge in [0, 0.05) is 5.56 Å². The van der Waals surface area contributed by atoms with Crippen LogP contribution < -0.4 is 15.8 Å². The van der Waals surface area contributed by atoms with Gasteiger partial charge in [0.15, 0.2) is 5.84 Å². The Kier molecular flexibility index (Phi) is 3.42. The van der Waals surface area contributed by atoms with Gasteiger partial charge in [-0.2, -0.15) is 10.2 Å². The second-order valence-electron chi connectivity index (χ2n) is 5.66. The lowest BCUT2D eigenvalue weighted by Gasteiger charge is -2.26. The zero-order valence-corrected chi connectivity index (χ0v) is 13.6. The summed E-state index contributed by atoms with van der Waals surface area (Å²) in [6.07, 6.45) is 1.96. The number of hydrogen-bond donors (Lipinski definition) is 1. The van der Waals surface area contributed by atoms with Gasteiger partial charge in [-0.3, -0.25) is 5.43 Å². The number of anilines is 1. The number of aryl methyl sites for hydroxylation is 2. The number of amidine groups is 1. The molecule has 1 aromatic heterocycles. The molecule has 0 fully saturated rings. The predicted octanol–water partition coefficient (Wildman–Crippen LogP) is 2.74. The molecule has 0 bridgehead atoms. The molecule has 0 amide bonds. The van der Waals surface area contributed by atoms with Crippen LogP contribution in [0.3, 0.4) is 0 Å². The van der Waals surface area contributed by atoms with Gasteiger partial charge in [0.05, 0.1) is 17.6 Å². The summed E-state index contributed by atoms with van der Waals surface area (Å²) in [5.74, 6) is 0.769. The molecule has 120 valence electrons. The lowest BCUT2D eigenvalue weighted by Crippen LogP contribution is -2.49. The summed E-state index contributed by atoms with van der Waals surface area (Å²) in [5.41, 5.74) is 7.43. The van der Waals surface area contributed by atoms with Crippen molar-refractivity contribution in [2.24, 2.45) is 5.10 Å². The smallest absolute Gasteiger partial charge is 0.177 e. The van der Waals surface area contributed by atoms with Crippen LogP contribution in [0.1, 0.15) is 16.8 Å². The van der Waals surface area contributed by atoms with E-state index >= 15 is 0 Å². The van der Waals surface area contributed by atoms with E-state index in [4.69, 9.17) is 5.10 Å². The third-order valence-electron chi connectivity index (χ3n) is 3.94. The topological polar surface area (TPSA) is 48.7 Å². The van der Waals surface area contributed by atoms with Crippen molar-refractivity contribution in [3.05, 3.63) is 83.7 Å². The Morgan fingerprint density at radius 2 is 1.54 bits per heavy atom. The molecular formula is C18H18N6. The van der Waals surface area contributed by atoms with Gasteiger partial charge in [0.25, 0.3) is 0 Å². The molecular weight excluding hydrogens is 300 g/mol. The van der Waals surface area contributed by atoms with Gasteiger partial charge in [0.2, 0.25) is 0 Å². The summed E-state index contributed by atoms with van der Waals surface area (Å²) >= 11 is 0. The van der Waals surface area contributed by atoms with Crippen LogP contribution in [0.4, 0.5) is 5.69 Å². The molecule has 2 heterocycles. The van der Waals surface area contributed by atoms with Crippen molar-refractivity contribution in [1.82, 2.24) is 15.3 Å². The first-order chi connectivity index (χ1) is 11.7. The molecule has 0 aliphatic carbocycles. The third kappa shape index (κ3) is 2.48. The van der Waals surface area contributed by atoms with E-state index in [9.17, 15) is 0 Å². The van der Waals surface area contributed by atoms with E-state index in [1.54, 1.807) is 10.0 Å². The average Bonchev–Trinajstić information content (AvgIpc) is 3.21. The molecule has 24 heavy (non-hydrogen) atoms. The number of hydrazone groups is 1. The maximum atomic E-state index is 4.71. The number of para-hydroxylation sites is 1. The Morgan fingerprint density at radius 3 is 2.17 bits per heavy atom. The van der Waals surface area contributed by atoms with Gasteiger partial charge in [-0.1, -0.05) is 53.8 Å². The Balaban J connectivity index is 1.76. The predicted molar refractivity (Wildman–Crippen MR) is 95.0 cm³/mol. The van der Waals surface area contributed by atoms with Crippen LogP contribution in [0.2, 0.25) is 0 Å². The molecule has 0 unspecified atom stereocenters. The van der Waals surface area contributed by atoms with E-state index in [1.807, 2.05) is 85.8 Å². The normalized spacial score (nSPS) is 13.8. The highest BCUT2D eigenvalue weighted by atomic mass is 16.1.